The zero-order chi connectivity index (χ0) is 18.1. The van der Waals surface area contributed by atoms with Gasteiger partial charge in [0.05, 0.1) is 6.42 Å². The molecule has 1 aromatic carbocycles. The van der Waals surface area contributed by atoms with Crippen LogP contribution in [0.1, 0.15) is 61.7 Å². The van der Waals surface area contributed by atoms with Crippen LogP contribution >= 0.6 is 11.6 Å². The molecule has 136 valence electrons. The van der Waals surface area contributed by atoms with Crippen molar-refractivity contribution in [3.8, 4) is 0 Å². The SMILES string of the molecule is O=C(COC(=O)CCC(=O)c1ccc(Cl)cc1)NC1CCCCCC1. The van der Waals surface area contributed by atoms with E-state index < -0.39 is 5.97 Å². The average Bonchev–Trinajstić information content (AvgIpc) is 2.87. The number of ether oxygens (including phenoxy) is 1. The van der Waals surface area contributed by atoms with Gasteiger partial charge in [-0.15, -0.1) is 0 Å². The monoisotopic (exact) mass is 365 g/mol. The molecule has 0 saturated heterocycles. The first kappa shape index (κ1) is 19.4. The van der Waals surface area contributed by atoms with E-state index in [4.69, 9.17) is 16.3 Å². The summed E-state index contributed by atoms with van der Waals surface area (Å²) < 4.78 is 4.96. The molecule has 1 amide bonds. The van der Waals surface area contributed by atoms with Crippen LogP contribution in [-0.4, -0.2) is 30.3 Å². The van der Waals surface area contributed by atoms with E-state index in [9.17, 15) is 14.4 Å². The summed E-state index contributed by atoms with van der Waals surface area (Å²) in [5.41, 5.74) is 0.503. The van der Waals surface area contributed by atoms with E-state index in [1.165, 1.54) is 12.8 Å². The van der Waals surface area contributed by atoms with Crippen LogP contribution in [0.2, 0.25) is 5.02 Å². The van der Waals surface area contributed by atoms with Gasteiger partial charge in [0.1, 0.15) is 0 Å². The third-order valence-electron chi connectivity index (χ3n) is 4.31. The van der Waals surface area contributed by atoms with Crippen molar-refractivity contribution < 1.29 is 19.1 Å². The molecule has 1 aliphatic rings. The fraction of sp³-hybridized carbons (Fsp3) is 0.526. The molecule has 0 atom stereocenters. The molecule has 1 aliphatic carbocycles. The van der Waals surface area contributed by atoms with Crippen molar-refractivity contribution in [3.05, 3.63) is 34.9 Å². The summed E-state index contributed by atoms with van der Waals surface area (Å²) in [5.74, 6) is -0.973. The summed E-state index contributed by atoms with van der Waals surface area (Å²) in [6.07, 6.45) is 6.63. The zero-order valence-corrected chi connectivity index (χ0v) is 15.0. The van der Waals surface area contributed by atoms with Crippen LogP contribution in [0.3, 0.4) is 0 Å². The molecule has 0 unspecified atom stereocenters. The highest BCUT2D eigenvalue weighted by Gasteiger charge is 2.16. The van der Waals surface area contributed by atoms with Gasteiger partial charge < -0.3 is 10.1 Å². The number of Topliss-reactive ketones (excluding diaryl/α,β-unsaturated/α-hetero) is 1. The van der Waals surface area contributed by atoms with Crippen LogP contribution in [0.5, 0.6) is 0 Å². The minimum absolute atomic E-state index is 0.0435. The van der Waals surface area contributed by atoms with Crippen molar-refractivity contribution in [2.24, 2.45) is 0 Å². The molecule has 1 aromatic rings. The number of amides is 1. The summed E-state index contributed by atoms with van der Waals surface area (Å²) >= 11 is 5.77. The number of nitrogens with one attached hydrogen (secondary N) is 1. The van der Waals surface area contributed by atoms with E-state index in [-0.39, 0.29) is 37.2 Å². The summed E-state index contributed by atoms with van der Waals surface area (Å²) in [4.78, 5) is 35.5. The van der Waals surface area contributed by atoms with Crippen LogP contribution in [0.4, 0.5) is 0 Å². The maximum atomic E-state index is 12.0. The second-order valence-corrected chi connectivity index (χ2v) is 6.78. The highest BCUT2D eigenvalue weighted by molar-refractivity contribution is 6.30. The third-order valence-corrected chi connectivity index (χ3v) is 4.56. The Bertz CT molecular complexity index is 592. The molecule has 25 heavy (non-hydrogen) atoms. The average molecular weight is 366 g/mol. The van der Waals surface area contributed by atoms with Gasteiger partial charge in [-0.05, 0) is 37.1 Å². The minimum atomic E-state index is -0.543. The molecule has 2 rings (SSSR count). The smallest absolute Gasteiger partial charge is 0.306 e. The van der Waals surface area contributed by atoms with Gasteiger partial charge in [-0.25, -0.2) is 0 Å². The highest BCUT2D eigenvalue weighted by Crippen LogP contribution is 2.17. The van der Waals surface area contributed by atoms with Gasteiger partial charge >= 0.3 is 5.97 Å². The van der Waals surface area contributed by atoms with Gasteiger partial charge in [0.25, 0.3) is 5.91 Å². The summed E-state index contributed by atoms with van der Waals surface area (Å²) in [6.45, 7) is -0.287. The number of esters is 1. The van der Waals surface area contributed by atoms with Gasteiger partial charge in [0.15, 0.2) is 12.4 Å². The number of ketones is 1. The Hall–Kier alpha value is -1.88. The third kappa shape index (κ3) is 7.26. The lowest BCUT2D eigenvalue weighted by molar-refractivity contribution is -0.148. The van der Waals surface area contributed by atoms with Crippen molar-refractivity contribution in [2.45, 2.75) is 57.4 Å². The Kier molecular flexibility index (Phi) is 7.92. The predicted molar refractivity (Wildman–Crippen MR) is 95.6 cm³/mol. The van der Waals surface area contributed by atoms with Crippen molar-refractivity contribution in [1.29, 1.82) is 0 Å². The zero-order valence-electron chi connectivity index (χ0n) is 14.3. The number of rotatable bonds is 7. The first-order valence-electron chi connectivity index (χ1n) is 8.78. The normalized spacial score (nSPS) is 15.2. The number of carbonyl (C=O) groups is 3. The van der Waals surface area contributed by atoms with Crippen molar-refractivity contribution >= 4 is 29.3 Å². The second kappa shape index (κ2) is 10.2. The Morgan fingerprint density at radius 2 is 1.64 bits per heavy atom. The standard InChI is InChI=1S/C19H24ClNO4/c20-15-9-7-14(8-10-15)17(22)11-12-19(24)25-13-18(23)21-16-5-3-1-2-4-6-16/h7-10,16H,1-6,11-13H2,(H,21,23). The molecule has 1 N–H and O–H groups in total. The summed E-state index contributed by atoms with van der Waals surface area (Å²) in [7, 11) is 0. The maximum absolute atomic E-state index is 12.0. The van der Waals surface area contributed by atoms with Crippen LogP contribution < -0.4 is 5.32 Å². The van der Waals surface area contributed by atoms with Gasteiger partial charge in [-0.2, -0.15) is 0 Å². The van der Waals surface area contributed by atoms with Crippen LogP contribution in [0, 0.1) is 0 Å². The number of carbonyl (C=O) groups excluding carboxylic acids is 3. The van der Waals surface area contributed by atoms with Crippen LogP contribution in [0.15, 0.2) is 24.3 Å². The van der Waals surface area contributed by atoms with Crippen molar-refractivity contribution in [2.75, 3.05) is 6.61 Å². The lowest BCUT2D eigenvalue weighted by Crippen LogP contribution is -2.37. The molecule has 1 saturated carbocycles. The fourth-order valence-electron chi connectivity index (χ4n) is 2.91. The van der Waals surface area contributed by atoms with E-state index >= 15 is 0 Å². The summed E-state index contributed by atoms with van der Waals surface area (Å²) in [5, 5.41) is 3.47. The number of hydrogen-bond donors (Lipinski definition) is 1. The molecule has 5 nitrogen and oxygen atoms in total. The molecular weight excluding hydrogens is 342 g/mol. The molecular formula is C19H24ClNO4. The lowest BCUT2D eigenvalue weighted by atomic mass is 10.1. The number of halogens is 1. The quantitative estimate of drug-likeness (QED) is 0.454. The number of hydrogen-bond acceptors (Lipinski definition) is 4. The Balaban J connectivity index is 1.65. The molecule has 6 heteroatoms. The van der Waals surface area contributed by atoms with E-state index in [1.54, 1.807) is 24.3 Å². The Labute approximate surface area is 153 Å². The van der Waals surface area contributed by atoms with Gasteiger partial charge in [-0.3, -0.25) is 14.4 Å². The first-order chi connectivity index (χ1) is 12.0. The van der Waals surface area contributed by atoms with Crippen molar-refractivity contribution in [3.63, 3.8) is 0 Å². The van der Waals surface area contributed by atoms with Gasteiger partial charge in [-0.1, -0.05) is 37.3 Å². The predicted octanol–water partition coefficient (Wildman–Crippen LogP) is 3.69. The van der Waals surface area contributed by atoms with E-state index in [0.717, 1.165) is 25.7 Å². The molecule has 0 aromatic heterocycles. The maximum Gasteiger partial charge on any atom is 0.306 e. The Morgan fingerprint density at radius 3 is 2.28 bits per heavy atom. The minimum Gasteiger partial charge on any atom is -0.456 e. The molecule has 0 spiro atoms. The largest absolute Gasteiger partial charge is 0.456 e. The fourth-order valence-corrected chi connectivity index (χ4v) is 3.03. The second-order valence-electron chi connectivity index (χ2n) is 6.35. The van der Waals surface area contributed by atoms with Gasteiger partial charge in [0.2, 0.25) is 0 Å². The lowest BCUT2D eigenvalue weighted by Gasteiger charge is -2.16. The van der Waals surface area contributed by atoms with Crippen LogP contribution in [0.25, 0.3) is 0 Å². The van der Waals surface area contributed by atoms with Crippen LogP contribution in [-0.2, 0) is 14.3 Å². The summed E-state index contributed by atoms with van der Waals surface area (Å²) in [6, 6.07) is 6.68. The molecule has 1 fully saturated rings. The topological polar surface area (TPSA) is 72.5 Å². The first-order valence-corrected chi connectivity index (χ1v) is 9.16. The van der Waals surface area contributed by atoms with E-state index in [0.29, 0.717) is 10.6 Å². The molecule has 0 heterocycles. The highest BCUT2D eigenvalue weighted by atomic mass is 35.5. The molecule has 0 aliphatic heterocycles. The van der Waals surface area contributed by atoms with E-state index in [1.807, 2.05) is 0 Å². The van der Waals surface area contributed by atoms with E-state index in [2.05, 4.69) is 5.32 Å². The number of benzene rings is 1. The van der Waals surface area contributed by atoms with Gasteiger partial charge in [0, 0.05) is 23.0 Å². The molecule has 0 bridgehead atoms. The molecule has 0 radical (unpaired) electrons. The van der Waals surface area contributed by atoms with Crippen molar-refractivity contribution in [1.82, 2.24) is 5.32 Å². The Morgan fingerprint density at radius 1 is 1.00 bits per heavy atom.